The summed E-state index contributed by atoms with van der Waals surface area (Å²) in [7, 11) is 0. The molecule has 0 atom stereocenters. The average molecular weight is 280 g/mol. The van der Waals surface area contributed by atoms with Gasteiger partial charge in [-0.05, 0) is 6.92 Å². The van der Waals surface area contributed by atoms with Gasteiger partial charge in [0, 0.05) is 18.0 Å². The third-order valence-electron chi connectivity index (χ3n) is 2.65. The van der Waals surface area contributed by atoms with E-state index >= 15 is 0 Å². The Hall–Kier alpha value is -1.89. The van der Waals surface area contributed by atoms with Crippen molar-refractivity contribution in [2.75, 3.05) is 12.3 Å². The van der Waals surface area contributed by atoms with Crippen molar-refractivity contribution in [2.45, 2.75) is 26.8 Å². The number of esters is 1. The van der Waals surface area contributed by atoms with Gasteiger partial charge in [-0.3, -0.25) is 0 Å². The van der Waals surface area contributed by atoms with Crippen LogP contribution in [0.15, 0.2) is 11.6 Å². The molecule has 2 rings (SSSR count). The molecule has 6 nitrogen and oxygen atoms in total. The minimum absolute atomic E-state index is 0.190. The number of hydrogen-bond donors (Lipinski definition) is 1. The number of imidazole rings is 1. The normalized spacial score (nSPS) is 10.6. The van der Waals surface area contributed by atoms with Crippen LogP contribution < -0.4 is 5.73 Å². The first-order valence-electron chi connectivity index (χ1n) is 6.07. The summed E-state index contributed by atoms with van der Waals surface area (Å²) in [5.74, 6) is 0.619. The van der Waals surface area contributed by atoms with Crippen LogP contribution in [0.2, 0.25) is 0 Å². The summed E-state index contributed by atoms with van der Waals surface area (Å²) in [6.07, 6.45) is 2.43. The maximum Gasteiger partial charge on any atom is 0.360 e. The van der Waals surface area contributed by atoms with E-state index in [9.17, 15) is 4.79 Å². The molecule has 0 spiro atoms. The summed E-state index contributed by atoms with van der Waals surface area (Å²) < 4.78 is 6.76. The van der Waals surface area contributed by atoms with Crippen molar-refractivity contribution in [3.63, 3.8) is 0 Å². The van der Waals surface area contributed by atoms with E-state index in [0.29, 0.717) is 25.4 Å². The quantitative estimate of drug-likeness (QED) is 0.843. The molecule has 0 radical (unpaired) electrons. The van der Waals surface area contributed by atoms with Crippen molar-refractivity contribution in [1.29, 1.82) is 0 Å². The molecule has 0 aliphatic rings. The van der Waals surface area contributed by atoms with Gasteiger partial charge in [-0.2, -0.15) is 0 Å². The second-order valence-corrected chi connectivity index (χ2v) is 4.83. The fraction of sp³-hybridized carbons (Fsp3) is 0.417. The minimum Gasteiger partial charge on any atom is -0.461 e. The molecule has 7 heteroatoms. The third kappa shape index (κ3) is 2.76. The number of aryl methyl sites for hydroxylation is 1. The van der Waals surface area contributed by atoms with Crippen molar-refractivity contribution in [3.05, 3.63) is 28.1 Å². The number of nitrogens with zero attached hydrogens (tertiary/aromatic N) is 3. The van der Waals surface area contributed by atoms with E-state index in [1.165, 1.54) is 0 Å². The number of carbonyl (C=O) groups excluding carboxylic acids is 1. The second kappa shape index (κ2) is 5.83. The molecule has 102 valence electrons. The molecule has 0 aliphatic heterocycles. The summed E-state index contributed by atoms with van der Waals surface area (Å²) in [4.78, 5) is 20.2. The van der Waals surface area contributed by atoms with Gasteiger partial charge in [0.25, 0.3) is 0 Å². The molecule has 0 aromatic carbocycles. The van der Waals surface area contributed by atoms with Gasteiger partial charge in [0.2, 0.25) is 0 Å². The monoisotopic (exact) mass is 280 g/mol. The molecule has 0 unspecified atom stereocenters. The van der Waals surface area contributed by atoms with Crippen molar-refractivity contribution in [2.24, 2.45) is 0 Å². The molecule has 0 saturated heterocycles. The third-order valence-corrected chi connectivity index (χ3v) is 3.41. The molecular formula is C12H16N4O2S. The number of carbonyl (C=O) groups is 1. The van der Waals surface area contributed by atoms with Gasteiger partial charge in [0.1, 0.15) is 16.6 Å². The number of nitrogen functional groups attached to an aromatic ring is 1. The van der Waals surface area contributed by atoms with Crippen LogP contribution in [-0.2, 0) is 17.7 Å². The van der Waals surface area contributed by atoms with Crippen LogP contribution in [0.5, 0.6) is 0 Å². The highest BCUT2D eigenvalue weighted by Gasteiger charge is 2.21. The lowest BCUT2D eigenvalue weighted by Crippen LogP contribution is -2.11. The predicted octanol–water partition coefficient (Wildman–Crippen LogP) is 1.71. The molecule has 0 bridgehead atoms. The minimum atomic E-state index is -0.479. The highest BCUT2D eigenvalue weighted by molar-refractivity contribution is 7.09. The Morgan fingerprint density at radius 3 is 2.89 bits per heavy atom. The first-order chi connectivity index (χ1) is 9.17. The highest BCUT2D eigenvalue weighted by atomic mass is 32.1. The van der Waals surface area contributed by atoms with Crippen molar-refractivity contribution in [1.82, 2.24) is 14.5 Å². The van der Waals surface area contributed by atoms with Crippen LogP contribution in [0.25, 0.3) is 0 Å². The maximum absolute atomic E-state index is 11.8. The number of aromatic nitrogens is 3. The summed E-state index contributed by atoms with van der Waals surface area (Å²) in [6, 6.07) is 0. The van der Waals surface area contributed by atoms with E-state index in [0.717, 1.165) is 10.8 Å². The van der Waals surface area contributed by atoms with E-state index in [1.807, 2.05) is 16.9 Å². The Bertz CT molecular complexity index is 563. The number of thiazole rings is 1. The molecule has 0 saturated carbocycles. The topological polar surface area (TPSA) is 83.0 Å². The molecule has 19 heavy (non-hydrogen) atoms. The van der Waals surface area contributed by atoms with Gasteiger partial charge in [-0.1, -0.05) is 6.92 Å². The number of anilines is 1. The molecule has 0 fully saturated rings. The van der Waals surface area contributed by atoms with Gasteiger partial charge >= 0.3 is 5.97 Å². The van der Waals surface area contributed by atoms with Gasteiger partial charge in [-0.25, -0.2) is 14.8 Å². The SMILES string of the molecule is CCOC(=O)c1nc(CC)n(Cc2nccs2)c1N. The Labute approximate surface area is 115 Å². The molecule has 2 heterocycles. The molecule has 2 N–H and O–H groups in total. The van der Waals surface area contributed by atoms with E-state index in [4.69, 9.17) is 10.5 Å². The largest absolute Gasteiger partial charge is 0.461 e. The van der Waals surface area contributed by atoms with E-state index in [2.05, 4.69) is 9.97 Å². The molecule has 0 amide bonds. The van der Waals surface area contributed by atoms with Gasteiger partial charge in [0.15, 0.2) is 5.69 Å². The zero-order valence-electron chi connectivity index (χ0n) is 10.9. The highest BCUT2D eigenvalue weighted by Crippen LogP contribution is 2.19. The maximum atomic E-state index is 11.8. The Kier molecular flexibility index (Phi) is 4.16. The van der Waals surface area contributed by atoms with Gasteiger partial charge < -0.3 is 15.0 Å². The van der Waals surface area contributed by atoms with Crippen LogP contribution in [0.3, 0.4) is 0 Å². The first-order valence-corrected chi connectivity index (χ1v) is 6.95. The Balaban J connectivity index is 2.34. The summed E-state index contributed by atoms with van der Waals surface area (Å²) in [5, 5.41) is 2.83. The lowest BCUT2D eigenvalue weighted by Gasteiger charge is -2.06. The van der Waals surface area contributed by atoms with Crippen LogP contribution in [0.4, 0.5) is 5.82 Å². The molecule has 2 aromatic heterocycles. The van der Waals surface area contributed by atoms with Crippen LogP contribution in [0, 0.1) is 0 Å². The van der Waals surface area contributed by atoms with E-state index < -0.39 is 5.97 Å². The Morgan fingerprint density at radius 2 is 2.32 bits per heavy atom. The smallest absolute Gasteiger partial charge is 0.360 e. The zero-order valence-corrected chi connectivity index (χ0v) is 11.7. The number of ether oxygens (including phenoxy) is 1. The van der Waals surface area contributed by atoms with Crippen molar-refractivity contribution >= 4 is 23.1 Å². The van der Waals surface area contributed by atoms with Crippen molar-refractivity contribution < 1.29 is 9.53 Å². The predicted molar refractivity (Wildman–Crippen MR) is 73.2 cm³/mol. The summed E-state index contributed by atoms with van der Waals surface area (Å²) in [5.41, 5.74) is 6.19. The summed E-state index contributed by atoms with van der Waals surface area (Å²) in [6.45, 7) is 4.55. The van der Waals surface area contributed by atoms with Crippen LogP contribution >= 0.6 is 11.3 Å². The van der Waals surface area contributed by atoms with E-state index in [1.54, 1.807) is 24.5 Å². The fourth-order valence-corrected chi connectivity index (χ4v) is 2.38. The lowest BCUT2D eigenvalue weighted by molar-refractivity contribution is 0.0521. The van der Waals surface area contributed by atoms with Crippen LogP contribution in [-0.4, -0.2) is 27.1 Å². The zero-order chi connectivity index (χ0) is 13.8. The second-order valence-electron chi connectivity index (χ2n) is 3.85. The average Bonchev–Trinajstić information content (AvgIpc) is 3.00. The molecular weight excluding hydrogens is 264 g/mol. The standard InChI is InChI=1S/C12H16N4O2S/c1-3-8-15-10(12(17)18-4-2)11(13)16(8)7-9-14-5-6-19-9/h5-6H,3-4,7,13H2,1-2H3. The number of hydrogen-bond acceptors (Lipinski definition) is 6. The lowest BCUT2D eigenvalue weighted by atomic mass is 10.4. The Morgan fingerprint density at radius 1 is 1.53 bits per heavy atom. The van der Waals surface area contributed by atoms with Crippen LogP contribution in [0.1, 0.15) is 35.2 Å². The van der Waals surface area contributed by atoms with Crippen molar-refractivity contribution in [3.8, 4) is 0 Å². The van der Waals surface area contributed by atoms with E-state index in [-0.39, 0.29) is 5.69 Å². The number of rotatable bonds is 5. The number of nitrogens with two attached hydrogens (primary N) is 1. The summed E-state index contributed by atoms with van der Waals surface area (Å²) >= 11 is 1.54. The molecule has 2 aromatic rings. The van der Waals surface area contributed by atoms with Gasteiger partial charge in [-0.15, -0.1) is 11.3 Å². The first kappa shape index (κ1) is 13.5. The van der Waals surface area contributed by atoms with Gasteiger partial charge in [0.05, 0.1) is 13.2 Å². The molecule has 0 aliphatic carbocycles. The fourth-order valence-electron chi connectivity index (χ4n) is 1.78.